The topological polar surface area (TPSA) is 38.0 Å². The molecule has 0 aliphatic carbocycles. The molecular formula is C14H15FN2S. The van der Waals surface area contributed by atoms with Crippen LogP contribution in [0, 0.1) is 5.82 Å². The fourth-order valence-electron chi connectivity index (χ4n) is 1.66. The fraction of sp³-hybridized carbons (Fsp3) is 0.143. The predicted molar refractivity (Wildman–Crippen MR) is 73.6 cm³/mol. The van der Waals surface area contributed by atoms with Crippen LogP contribution in [0.3, 0.4) is 0 Å². The van der Waals surface area contributed by atoms with Gasteiger partial charge in [-0.2, -0.15) is 0 Å². The molecule has 0 fully saturated rings. The number of nitrogens with one attached hydrogen (secondary N) is 1. The van der Waals surface area contributed by atoms with E-state index in [4.69, 9.17) is 5.84 Å². The van der Waals surface area contributed by atoms with Gasteiger partial charge in [-0.1, -0.05) is 42.5 Å². The van der Waals surface area contributed by atoms with E-state index in [0.717, 1.165) is 5.56 Å². The zero-order chi connectivity index (χ0) is 12.8. The predicted octanol–water partition coefficient (Wildman–Crippen LogP) is 3.12. The van der Waals surface area contributed by atoms with Gasteiger partial charge in [0, 0.05) is 10.6 Å². The van der Waals surface area contributed by atoms with E-state index in [1.165, 1.54) is 17.8 Å². The maximum absolute atomic E-state index is 13.5. The quantitative estimate of drug-likeness (QED) is 0.494. The van der Waals surface area contributed by atoms with Gasteiger partial charge >= 0.3 is 0 Å². The summed E-state index contributed by atoms with van der Waals surface area (Å²) < 4.78 is 13.5. The Morgan fingerprint density at radius 3 is 2.39 bits per heavy atom. The first kappa shape index (κ1) is 13.1. The molecule has 0 amide bonds. The van der Waals surface area contributed by atoms with E-state index < -0.39 is 0 Å². The average Bonchev–Trinajstić information content (AvgIpc) is 2.42. The molecule has 2 aromatic carbocycles. The number of benzene rings is 2. The van der Waals surface area contributed by atoms with Crippen molar-refractivity contribution >= 4 is 11.8 Å². The zero-order valence-corrected chi connectivity index (χ0v) is 10.7. The van der Waals surface area contributed by atoms with Crippen LogP contribution in [-0.4, -0.2) is 5.75 Å². The fourth-order valence-corrected chi connectivity index (χ4v) is 2.68. The van der Waals surface area contributed by atoms with E-state index in [9.17, 15) is 4.39 Å². The Hall–Kier alpha value is -1.36. The molecule has 0 saturated heterocycles. The van der Waals surface area contributed by atoms with Gasteiger partial charge in [-0.25, -0.2) is 4.39 Å². The Morgan fingerprint density at radius 1 is 1.06 bits per heavy atom. The Kier molecular flexibility index (Phi) is 4.75. The minimum atomic E-state index is -0.189. The van der Waals surface area contributed by atoms with Crippen molar-refractivity contribution in [2.45, 2.75) is 10.9 Å². The van der Waals surface area contributed by atoms with Crippen molar-refractivity contribution in [1.82, 2.24) is 5.43 Å². The highest BCUT2D eigenvalue weighted by Gasteiger charge is 2.10. The molecule has 1 atom stereocenters. The van der Waals surface area contributed by atoms with Crippen LogP contribution in [0.1, 0.15) is 11.6 Å². The summed E-state index contributed by atoms with van der Waals surface area (Å²) in [5.74, 6) is 6.04. The largest absolute Gasteiger partial charge is 0.271 e. The lowest BCUT2D eigenvalue weighted by Crippen LogP contribution is -2.29. The number of halogens is 1. The van der Waals surface area contributed by atoms with Crippen LogP contribution in [-0.2, 0) is 0 Å². The highest BCUT2D eigenvalue weighted by molar-refractivity contribution is 7.99. The van der Waals surface area contributed by atoms with E-state index in [-0.39, 0.29) is 11.9 Å². The molecule has 0 aliphatic heterocycles. The zero-order valence-electron chi connectivity index (χ0n) is 9.84. The van der Waals surface area contributed by atoms with Gasteiger partial charge in [0.1, 0.15) is 5.82 Å². The van der Waals surface area contributed by atoms with E-state index >= 15 is 0 Å². The van der Waals surface area contributed by atoms with Gasteiger partial charge in [0.15, 0.2) is 0 Å². The molecule has 0 saturated carbocycles. The summed E-state index contributed by atoms with van der Waals surface area (Å²) in [6, 6.07) is 16.7. The number of hydrogen-bond donors (Lipinski definition) is 2. The second kappa shape index (κ2) is 6.54. The molecule has 94 valence electrons. The van der Waals surface area contributed by atoms with Crippen LogP contribution in [0.25, 0.3) is 0 Å². The van der Waals surface area contributed by atoms with Gasteiger partial charge in [0.05, 0.1) is 6.04 Å². The number of hydrazine groups is 1. The molecule has 0 spiro atoms. The Balaban J connectivity index is 2.02. The number of hydrogen-bond acceptors (Lipinski definition) is 3. The summed E-state index contributed by atoms with van der Waals surface area (Å²) in [5, 5.41) is 0. The Labute approximate surface area is 110 Å². The molecule has 2 nitrogen and oxygen atoms in total. The van der Waals surface area contributed by atoms with E-state index in [1.807, 2.05) is 36.4 Å². The molecule has 3 N–H and O–H groups in total. The van der Waals surface area contributed by atoms with Crippen molar-refractivity contribution in [3.8, 4) is 0 Å². The van der Waals surface area contributed by atoms with Crippen LogP contribution in [0.5, 0.6) is 0 Å². The van der Waals surface area contributed by atoms with Crippen molar-refractivity contribution in [3.63, 3.8) is 0 Å². The van der Waals surface area contributed by atoms with Crippen LogP contribution < -0.4 is 11.3 Å². The standard InChI is InChI=1S/C14H15FN2S/c15-12-8-4-5-9-14(12)18-10-13(17-16)11-6-2-1-3-7-11/h1-9,13,17H,10,16H2. The summed E-state index contributed by atoms with van der Waals surface area (Å²) >= 11 is 1.46. The highest BCUT2D eigenvalue weighted by Crippen LogP contribution is 2.26. The summed E-state index contributed by atoms with van der Waals surface area (Å²) in [6.07, 6.45) is 0. The van der Waals surface area contributed by atoms with Gasteiger partial charge in [0.2, 0.25) is 0 Å². The molecule has 2 rings (SSSR count). The smallest absolute Gasteiger partial charge is 0.136 e. The summed E-state index contributed by atoms with van der Waals surface area (Å²) in [6.45, 7) is 0. The van der Waals surface area contributed by atoms with Crippen LogP contribution in [0.2, 0.25) is 0 Å². The molecule has 4 heteroatoms. The molecule has 0 bridgehead atoms. The lowest BCUT2D eigenvalue weighted by Gasteiger charge is -2.15. The van der Waals surface area contributed by atoms with Gasteiger partial charge in [-0.3, -0.25) is 11.3 Å². The molecule has 18 heavy (non-hydrogen) atoms. The van der Waals surface area contributed by atoms with Crippen molar-refractivity contribution in [3.05, 3.63) is 66.0 Å². The summed E-state index contributed by atoms with van der Waals surface area (Å²) in [4.78, 5) is 0.647. The Bertz CT molecular complexity index is 490. The van der Waals surface area contributed by atoms with Crippen LogP contribution in [0.15, 0.2) is 59.5 Å². The molecule has 0 heterocycles. The van der Waals surface area contributed by atoms with Crippen molar-refractivity contribution in [2.75, 3.05) is 5.75 Å². The monoisotopic (exact) mass is 262 g/mol. The van der Waals surface area contributed by atoms with E-state index in [2.05, 4.69) is 5.43 Å². The number of nitrogens with two attached hydrogens (primary N) is 1. The summed E-state index contributed by atoms with van der Waals surface area (Å²) in [7, 11) is 0. The first-order valence-corrected chi connectivity index (χ1v) is 6.68. The normalized spacial score (nSPS) is 12.3. The first-order chi connectivity index (χ1) is 8.81. The maximum atomic E-state index is 13.5. The SMILES string of the molecule is NNC(CSc1ccccc1F)c1ccccc1. The second-order valence-corrected chi connectivity index (χ2v) is 4.93. The van der Waals surface area contributed by atoms with E-state index in [0.29, 0.717) is 10.6 Å². The molecule has 0 aliphatic rings. The lowest BCUT2D eigenvalue weighted by atomic mass is 10.1. The molecule has 2 aromatic rings. The number of rotatable bonds is 5. The lowest BCUT2D eigenvalue weighted by molar-refractivity contribution is 0.596. The third kappa shape index (κ3) is 3.32. The molecule has 0 radical (unpaired) electrons. The summed E-state index contributed by atoms with van der Waals surface area (Å²) in [5.41, 5.74) is 3.87. The van der Waals surface area contributed by atoms with Crippen molar-refractivity contribution < 1.29 is 4.39 Å². The second-order valence-electron chi connectivity index (χ2n) is 3.87. The average molecular weight is 262 g/mol. The Morgan fingerprint density at radius 2 is 1.72 bits per heavy atom. The van der Waals surface area contributed by atoms with Gasteiger partial charge in [-0.15, -0.1) is 11.8 Å². The molecule has 0 aromatic heterocycles. The van der Waals surface area contributed by atoms with E-state index in [1.54, 1.807) is 12.1 Å². The molecular weight excluding hydrogens is 247 g/mol. The van der Waals surface area contributed by atoms with Crippen molar-refractivity contribution in [2.24, 2.45) is 5.84 Å². The maximum Gasteiger partial charge on any atom is 0.136 e. The third-order valence-corrected chi connectivity index (χ3v) is 3.79. The minimum absolute atomic E-state index is 0.0100. The van der Waals surface area contributed by atoms with Gasteiger partial charge in [0.25, 0.3) is 0 Å². The van der Waals surface area contributed by atoms with Crippen LogP contribution in [0.4, 0.5) is 4.39 Å². The third-order valence-electron chi connectivity index (χ3n) is 2.65. The van der Waals surface area contributed by atoms with Crippen molar-refractivity contribution in [1.29, 1.82) is 0 Å². The van der Waals surface area contributed by atoms with Gasteiger partial charge < -0.3 is 0 Å². The van der Waals surface area contributed by atoms with Crippen LogP contribution >= 0.6 is 11.8 Å². The highest BCUT2D eigenvalue weighted by atomic mass is 32.2. The van der Waals surface area contributed by atoms with Gasteiger partial charge in [-0.05, 0) is 17.7 Å². The minimum Gasteiger partial charge on any atom is -0.271 e. The number of thioether (sulfide) groups is 1. The molecule has 1 unspecified atom stereocenters. The first-order valence-electron chi connectivity index (χ1n) is 5.69.